The molecule has 30 heteroatoms. The number of guanidine groups is 3. The van der Waals surface area contributed by atoms with Crippen molar-refractivity contribution in [2.24, 2.45) is 84.7 Å². The third-order valence-corrected chi connectivity index (χ3v) is 12.6. The van der Waals surface area contributed by atoms with Gasteiger partial charge in [-0.2, -0.15) is 0 Å². The van der Waals surface area contributed by atoms with Crippen LogP contribution in [0.15, 0.2) is 15.0 Å². The van der Waals surface area contributed by atoms with Crippen molar-refractivity contribution in [2.45, 2.75) is 208 Å². The summed E-state index contributed by atoms with van der Waals surface area (Å²) in [5, 5.41) is 33.4. The predicted molar refractivity (Wildman–Crippen MR) is 317 cm³/mol. The molecule has 10 atom stereocenters. The minimum atomic E-state index is -1.33. The average Bonchev–Trinajstić information content (AvgIpc) is 3.44. The van der Waals surface area contributed by atoms with Gasteiger partial charge in [-0.05, 0) is 108 Å². The Morgan fingerprint density at radius 2 is 0.602 bits per heavy atom. The molecule has 0 bridgehead atoms. The lowest BCUT2D eigenvalue weighted by molar-refractivity contribution is -0.143. The van der Waals surface area contributed by atoms with Crippen molar-refractivity contribution in [3.05, 3.63) is 0 Å². The molecule has 0 aromatic heterocycles. The van der Waals surface area contributed by atoms with Gasteiger partial charge in [0.05, 0.1) is 6.04 Å². The molecule has 0 rings (SSSR count). The summed E-state index contributed by atoms with van der Waals surface area (Å²) in [6.07, 6.45) is 1.37. The summed E-state index contributed by atoms with van der Waals surface area (Å²) in [4.78, 5) is 148. The number of nitrogens with zero attached hydrogens (tertiary/aromatic N) is 3. The van der Waals surface area contributed by atoms with Crippen LogP contribution in [-0.2, 0) is 47.9 Å². The summed E-state index contributed by atoms with van der Waals surface area (Å²) in [5.41, 5.74) is 39.0. The van der Waals surface area contributed by atoms with Crippen molar-refractivity contribution in [3.8, 4) is 0 Å². The van der Waals surface area contributed by atoms with Gasteiger partial charge in [-0.25, -0.2) is 4.79 Å². The van der Waals surface area contributed by atoms with E-state index in [1.54, 1.807) is 41.5 Å². The minimum Gasteiger partial charge on any atom is -0.480 e. The lowest BCUT2D eigenvalue weighted by Crippen LogP contribution is -2.60. The maximum absolute atomic E-state index is 14.2. The summed E-state index contributed by atoms with van der Waals surface area (Å²) in [5.74, 6) is -9.52. The topological polar surface area (TPSA) is 518 Å². The quantitative estimate of drug-likeness (QED) is 0.0163. The fraction of sp³-hybridized carbons (Fsp3) is 0.755. The van der Waals surface area contributed by atoms with Gasteiger partial charge in [0.15, 0.2) is 17.9 Å². The molecule has 0 aromatic rings. The highest BCUT2D eigenvalue weighted by Gasteiger charge is 2.35. The second kappa shape index (κ2) is 39.0. The number of carbonyl (C=O) groups excluding carboxylic acids is 9. The van der Waals surface area contributed by atoms with E-state index in [-0.39, 0.29) is 119 Å². The van der Waals surface area contributed by atoms with E-state index in [1.165, 1.54) is 13.8 Å². The Morgan fingerprint density at radius 1 is 0.349 bits per heavy atom. The fourth-order valence-electron chi connectivity index (χ4n) is 8.22. The zero-order valence-electron chi connectivity index (χ0n) is 50.8. The number of nitrogens with one attached hydrogen (secondary N) is 9. The number of carbonyl (C=O) groups is 10. The van der Waals surface area contributed by atoms with Crippen LogP contribution in [0.1, 0.15) is 147 Å². The summed E-state index contributed by atoms with van der Waals surface area (Å²) in [6.45, 7) is 20.9. The number of rotatable bonds is 40. The Kier molecular flexibility index (Phi) is 35.5. The molecule has 0 aliphatic rings. The first kappa shape index (κ1) is 75.5. The molecule has 0 unspecified atom stereocenters. The molecule has 474 valence electrons. The molecule has 0 heterocycles. The van der Waals surface area contributed by atoms with Gasteiger partial charge in [-0.3, -0.25) is 58.1 Å². The van der Waals surface area contributed by atoms with Crippen molar-refractivity contribution < 1.29 is 53.1 Å². The van der Waals surface area contributed by atoms with Crippen LogP contribution in [0, 0.1) is 29.6 Å². The van der Waals surface area contributed by atoms with Crippen molar-refractivity contribution in [2.75, 3.05) is 19.6 Å². The molecule has 0 aliphatic heterocycles. The van der Waals surface area contributed by atoms with E-state index in [9.17, 15) is 53.1 Å². The van der Waals surface area contributed by atoms with E-state index in [1.807, 2.05) is 27.7 Å². The van der Waals surface area contributed by atoms with Gasteiger partial charge in [-0.1, -0.05) is 69.2 Å². The van der Waals surface area contributed by atoms with Gasteiger partial charge in [0, 0.05) is 19.6 Å². The Morgan fingerprint density at radius 3 is 0.904 bits per heavy atom. The molecule has 0 spiro atoms. The van der Waals surface area contributed by atoms with Crippen LogP contribution in [0.25, 0.3) is 0 Å². The van der Waals surface area contributed by atoms with Gasteiger partial charge in [0.1, 0.15) is 54.4 Å². The summed E-state index contributed by atoms with van der Waals surface area (Å²) >= 11 is 0. The van der Waals surface area contributed by atoms with Crippen molar-refractivity contribution >= 4 is 77.0 Å². The highest BCUT2D eigenvalue weighted by atomic mass is 16.4. The zero-order valence-corrected chi connectivity index (χ0v) is 50.8. The third kappa shape index (κ3) is 32.6. The zero-order chi connectivity index (χ0) is 63.8. The normalized spacial score (nSPS) is 14.9. The molecule has 0 saturated carbocycles. The second-order valence-corrected chi connectivity index (χ2v) is 22.9. The fourth-order valence-corrected chi connectivity index (χ4v) is 8.22. The average molecular weight is 1180 g/mol. The van der Waals surface area contributed by atoms with Gasteiger partial charge < -0.3 is 93.1 Å². The Hall–Kier alpha value is -7.53. The molecule has 9 amide bonds. The molecule has 0 aliphatic carbocycles. The van der Waals surface area contributed by atoms with Crippen LogP contribution in [-0.4, -0.2) is 162 Å². The molecule has 0 saturated heterocycles. The Bertz CT molecular complexity index is 2210. The molecule has 0 radical (unpaired) electrons. The number of hydrogen-bond donors (Lipinski definition) is 17. The molecule has 0 fully saturated rings. The molecule has 24 N–H and O–H groups in total. The number of aliphatic imine (C=N–C) groups is 3. The summed E-state index contributed by atoms with van der Waals surface area (Å²) in [7, 11) is 0. The van der Waals surface area contributed by atoms with Gasteiger partial charge >= 0.3 is 5.97 Å². The van der Waals surface area contributed by atoms with E-state index >= 15 is 0 Å². The first-order valence-electron chi connectivity index (χ1n) is 28.4. The maximum Gasteiger partial charge on any atom is 0.326 e. The van der Waals surface area contributed by atoms with Crippen LogP contribution >= 0.6 is 0 Å². The van der Waals surface area contributed by atoms with E-state index in [2.05, 4.69) is 62.8 Å². The van der Waals surface area contributed by atoms with Crippen LogP contribution in [0.4, 0.5) is 0 Å². The summed E-state index contributed by atoms with van der Waals surface area (Å²) < 4.78 is 0. The standard InChI is InChI=1S/C53H101N19O11/c1-26(2)22-36(47(79)65-32(12)42(74)68-39(25-29(7)8)49(81)72-40(30(9)10)50(82)83)70-44(76)34(17-14-20-62-52(57)58)66-41(73)31(11)64-46(78)37(23-27(3)4)71-45(77)35(18-15-21-63-53(59)60)67-48(80)38(24-28(5)6)69-43(75)33(54)16-13-19-61-51(55)56/h26-40H,13-25,54H2,1-12H3,(H,64,78)(H,65,79)(H,66,73)(H,67,80)(H,68,74)(H,69,75)(H,70,76)(H,71,77)(H,72,81)(H,82,83)(H4,55,56,61)(H4,57,58,62)(H4,59,60,63)/t31-,32-,33-,34-,35-,36-,37-,38-,39-,40-/m0/s1. The van der Waals surface area contributed by atoms with Crippen molar-refractivity contribution in [1.82, 2.24) is 47.9 Å². The monoisotopic (exact) mass is 1180 g/mol. The number of hydrogen-bond acceptors (Lipinski definition) is 14. The highest BCUT2D eigenvalue weighted by Crippen LogP contribution is 2.13. The Labute approximate surface area is 488 Å². The third-order valence-electron chi connectivity index (χ3n) is 12.6. The number of amides is 9. The molecular formula is C53H101N19O11. The van der Waals surface area contributed by atoms with Gasteiger partial charge in [0.2, 0.25) is 53.2 Å². The molecule has 83 heavy (non-hydrogen) atoms. The number of carboxylic acids is 1. The van der Waals surface area contributed by atoms with Gasteiger partial charge in [-0.15, -0.1) is 0 Å². The molecule has 30 nitrogen and oxygen atoms in total. The first-order valence-corrected chi connectivity index (χ1v) is 28.4. The van der Waals surface area contributed by atoms with Gasteiger partial charge in [0.25, 0.3) is 0 Å². The molecule has 0 aromatic carbocycles. The van der Waals surface area contributed by atoms with E-state index in [4.69, 9.17) is 40.1 Å². The van der Waals surface area contributed by atoms with E-state index in [0.717, 1.165) is 0 Å². The van der Waals surface area contributed by atoms with Crippen LogP contribution in [0.2, 0.25) is 0 Å². The molecular weight excluding hydrogens is 1080 g/mol. The van der Waals surface area contributed by atoms with E-state index in [0.29, 0.717) is 6.42 Å². The predicted octanol–water partition coefficient (Wildman–Crippen LogP) is -3.20. The largest absolute Gasteiger partial charge is 0.480 e. The van der Waals surface area contributed by atoms with Crippen LogP contribution in [0.5, 0.6) is 0 Å². The van der Waals surface area contributed by atoms with Crippen molar-refractivity contribution in [3.63, 3.8) is 0 Å². The van der Waals surface area contributed by atoms with Crippen molar-refractivity contribution in [1.29, 1.82) is 0 Å². The maximum atomic E-state index is 14.2. The number of nitrogens with two attached hydrogens (primary N) is 7. The second-order valence-electron chi connectivity index (χ2n) is 22.9. The number of aliphatic carboxylic acids is 1. The van der Waals surface area contributed by atoms with Crippen LogP contribution < -0.4 is 88.0 Å². The minimum absolute atomic E-state index is 0.00791. The lowest BCUT2D eigenvalue weighted by atomic mass is 10.00. The van der Waals surface area contributed by atoms with E-state index < -0.39 is 125 Å². The smallest absolute Gasteiger partial charge is 0.326 e. The first-order chi connectivity index (χ1) is 38.6. The summed E-state index contributed by atoms with van der Waals surface area (Å²) in [6, 6.07) is -12.2. The number of carboxylic acid groups (broad SMARTS) is 1. The Balaban J connectivity index is 6.62. The highest BCUT2D eigenvalue weighted by molar-refractivity contribution is 5.98. The van der Waals surface area contributed by atoms with Crippen LogP contribution in [0.3, 0.4) is 0 Å². The lowest BCUT2D eigenvalue weighted by Gasteiger charge is -2.28. The SMILES string of the molecule is CC(C)C[C@H](NC(=O)[C@H](C)NC(=O)[C@H](CC(C)C)NC(=O)[C@H](CCCN=C(N)N)NC(=O)[C@H](C)NC(=O)[C@H](CC(C)C)NC(=O)[C@H](CCCN=C(N)N)NC(=O)[C@H](CC(C)C)NC(=O)[C@@H](N)CCCN=C(N)N)C(=O)N[C@H](C(=O)O)C(C)C.